The summed E-state index contributed by atoms with van der Waals surface area (Å²) >= 11 is 5.08. The van der Waals surface area contributed by atoms with E-state index < -0.39 is 0 Å². The molecule has 0 spiro atoms. The van der Waals surface area contributed by atoms with Crippen LogP contribution in [0.15, 0.2) is 12.1 Å². The standard InChI is InChI=1S/C11H16N2S/c1-8-9(5-6-11(14)13-8)10-4-2-3-7-12-10/h5-6,10,12H,2-4,7H2,1H3,(H,13,14). The minimum atomic E-state index is 0.524. The number of hydrogen-bond donors (Lipinski definition) is 2. The summed E-state index contributed by atoms with van der Waals surface area (Å²) in [6.45, 7) is 3.24. The Bertz CT molecular complexity index is 364. The molecule has 14 heavy (non-hydrogen) atoms. The van der Waals surface area contributed by atoms with E-state index in [1.807, 2.05) is 6.07 Å². The van der Waals surface area contributed by atoms with Gasteiger partial charge in [-0.05, 0) is 37.9 Å². The fourth-order valence-electron chi connectivity index (χ4n) is 2.08. The number of aromatic amines is 1. The number of nitrogens with one attached hydrogen (secondary N) is 2. The molecule has 0 aromatic carbocycles. The van der Waals surface area contributed by atoms with Crippen molar-refractivity contribution >= 4 is 12.2 Å². The molecule has 0 aliphatic carbocycles. The maximum atomic E-state index is 5.08. The van der Waals surface area contributed by atoms with E-state index in [1.165, 1.54) is 30.5 Å². The van der Waals surface area contributed by atoms with Crippen molar-refractivity contribution < 1.29 is 0 Å². The second-order valence-electron chi connectivity index (χ2n) is 3.91. The summed E-state index contributed by atoms with van der Waals surface area (Å²) in [5, 5.41) is 3.54. The second-order valence-corrected chi connectivity index (χ2v) is 4.35. The first-order valence-corrected chi connectivity index (χ1v) is 5.61. The van der Waals surface area contributed by atoms with E-state index in [0.29, 0.717) is 6.04 Å². The minimum Gasteiger partial charge on any atom is -0.350 e. The van der Waals surface area contributed by atoms with Crippen molar-refractivity contribution in [3.63, 3.8) is 0 Å². The van der Waals surface area contributed by atoms with E-state index in [0.717, 1.165) is 11.2 Å². The summed E-state index contributed by atoms with van der Waals surface area (Å²) in [7, 11) is 0. The van der Waals surface area contributed by atoms with Crippen LogP contribution in [0.25, 0.3) is 0 Å². The van der Waals surface area contributed by atoms with Crippen LogP contribution in [0.5, 0.6) is 0 Å². The molecule has 1 aliphatic heterocycles. The highest BCUT2D eigenvalue weighted by Crippen LogP contribution is 2.24. The van der Waals surface area contributed by atoms with Crippen molar-refractivity contribution in [2.24, 2.45) is 0 Å². The molecule has 76 valence electrons. The molecule has 1 fully saturated rings. The molecule has 1 saturated heterocycles. The molecule has 3 heteroatoms. The molecule has 0 radical (unpaired) electrons. The summed E-state index contributed by atoms with van der Waals surface area (Å²) in [6.07, 6.45) is 3.87. The van der Waals surface area contributed by atoms with Gasteiger partial charge < -0.3 is 10.3 Å². The van der Waals surface area contributed by atoms with Crippen LogP contribution >= 0.6 is 12.2 Å². The zero-order valence-electron chi connectivity index (χ0n) is 8.47. The van der Waals surface area contributed by atoms with Crippen molar-refractivity contribution in [1.29, 1.82) is 0 Å². The van der Waals surface area contributed by atoms with Crippen LogP contribution in [0.1, 0.15) is 36.6 Å². The molecule has 0 amide bonds. The lowest BCUT2D eigenvalue weighted by molar-refractivity contribution is 0.410. The Kier molecular flexibility index (Phi) is 2.99. The summed E-state index contributed by atoms with van der Waals surface area (Å²) in [5.74, 6) is 0. The molecule has 1 atom stereocenters. The van der Waals surface area contributed by atoms with Gasteiger partial charge in [0.05, 0.1) is 0 Å². The monoisotopic (exact) mass is 208 g/mol. The van der Waals surface area contributed by atoms with Crippen LogP contribution in [0.3, 0.4) is 0 Å². The lowest BCUT2D eigenvalue weighted by atomic mass is 9.97. The molecule has 1 aliphatic rings. The first-order chi connectivity index (χ1) is 6.77. The Hall–Kier alpha value is -0.670. The van der Waals surface area contributed by atoms with E-state index in [1.54, 1.807) is 0 Å². The van der Waals surface area contributed by atoms with Gasteiger partial charge in [-0.25, -0.2) is 0 Å². The molecule has 0 saturated carbocycles. The smallest absolute Gasteiger partial charge is 0.103 e. The highest BCUT2D eigenvalue weighted by molar-refractivity contribution is 7.71. The number of aromatic nitrogens is 1. The van der Waals surface area contributed by atoms with E-state index in [4.69, 9.17) is 12.2 Å². The Labute approximate surface area is 89.7 Å². The number of hydrogen-bond acceptors (Lipinski definition) is 2. The number of H-pyrrole nitrogens is 1. The van der Waals surface area contributed by atoms with Gasteiger partial charge in [0.1, 0.15) is 4.64 Å². The molecule has 2 N–H and O–H groups in total. The zero-order valence-corrected chi connectivity index (χ0v) is 9.29. The van der Waals surface area contributed by atoms with Crippen molar-refractivity contribution in [2.45, 2.75) is 32.2 Å². The van der Waals surface area contributed by atoms with Gasteiger partial charge in [0, 0.05) is 11.7 Å². The fraction of sp³-hybridized carbons (Fsp3) is 0.545. The van der Waals surface area contributed by atoms with Crippen LogP contribution < -0.4 is 5.32 Å². The first-order valence-electron chi connectivity index (χ1n) is 5.20. The minimum absolute atomic E-state index is 0.524. The Morgan fingerprint density at radius 2 is 2.21 bits per heavy atom. The quantitative estimate of drug-likeness (QED) is 0.695. The molecule has 1 unspecified atom stereocenters. The van der Waals surface area contributed by atoms with E-state index >= 15 is 0 Å². The van der Waals surface area contributed by atoms with Crippen molar-refractivity contribution in [1.82, 2.24) is 10.3 Å². The SMILES string of the molecule is Cc1[nH]c(=S)ccc1C1CCCCN1. The fourth-order valence-corrected chi connectivity index (χ4v) is 2.31. The molecule has 1 aromatic rings. The van der Waals surface area contributed by atoms with Gasteiger partial charge in [-0.2, -0.15) is 0 Å². The van der Waals surface area contributed by atoms with E-state index in [2.05, 4.69) is 23.3 Å². The molecule has 2 rings (SSSR count). The van der Waals surface area contributed by atoms with Crippen LogP contribution in [-0.2, 0) is 0 Å². The second kappa shape index (κ2) is 4.24. The van der Waals surface area contributed by atoms with E-state index in [9.17, 15) is 0 Å². The molecule has 2 nitrogen and oxygen atoms in total. The van der Waals surface area contributed by atoms with Gasteiger partial charge in [-0.15, -0.1) is 0 Å². The molecule has 1 aromatic heterocycles. The topological polar surface area (TPSA) is 27.8 Å². The van der Waals surface area contributed by atoms with Gasteiger partial charge in [-0.1, -0.05) is 24.7 Å². The average molecular weight is 208 g/mol. The summed E-state index contributed by atoms with van der Waals surface area (Å²) in [4.78, 5) is 3.21. The van der Waals surface area contributed by atoms with Gasteiger partial charge in [-0.3, -0.25) is 0 Å². The van der Waals surface area contributed by atoms with Crippen molar-refractivity contribution in [3.8, 4) is 0 Å². The Balaban J connectivity index is 2.26. The predicted octanol–water partition coefficient (Wildman–Crippen LogP) is 2.87. The number of piperidine rings is 1. The van der Waals surface area contributed by atoms with Gasteiger partial charge in [0.25, 0.3) is 0 Å². The van der Waals surface area contributed by atoms with Crippen LogP contribution in [0, 0.1) is 11.6 Å². The van der Waals surface area contributed by atoms with Crippen molar-refractivity contribution in [3.05, 3.63) is 28.0 Å². The van der Waals surface area contributed by atoms with Crippen molar-refractivity contribution in [2.75, 3.05) is 6.54 Å². The molecule has 2 heterocycles. The maximum Gasteiger partial charge on any atom is 0.103 e. The first kappa shape index (κ1) is 9.87. The molecule has 0 bridgehead atoms. The lowest BCUT2D eigenvalue weighted by Crippen LogP contribution is -2.27. The Morgan fingerprint density at radius 1 is 1.36 bits per heavy atom. The third kappa shape index (κ3) is 2.04. The van der Waals surface area contributed by atoms with Crippen LogP contribution in [0.4, 0.5) is 0 Å². The molecular weight excluding hydrogens is 192 g/mol. The third-order valence-electron chi connectivity index (χ3n) is 2.84. The largest absolute Gasteiger partial charge is 0.350 e. The number of rotatable bonds is 1. The average Bonchev–Trinajstić information content (AvgIpc) is 2.19. The highest BCUT2D eigenvalue weighted by Gasteiger charge is 2.15. The highest BCUT2D eigenvalue weighted by atomic mass is 32.1. The van der Waals surface area contributed by atoms with Gasteiger partial charge >= 0.3 is 0 Å². The predicted molar refractivity (Wildman–Crippen MR) is 61.0 cm³/mol. The molecular formula is C11H16N2S. The summed E-state index contributed by atoms with van der Waals surface area (Å²) in [5.41, 5.74) is 2.58. The lowest BCUT2D eigenvalue weighted by Gasteiger charge is -2.24. The number of aryl methyl sites for hydroxylation is 1. The van der Waals surface area contributed by atoms with Crippen LogP contribution in [0.2, 0.25) is 0 Å². The van der Waals surface area contributed by atoms with E-state index in [-0.39, 0.29) is 0 Å². The summed E-state index contributed by atoms with van der Waals surface area (Å²) < 4.78 is 0.821. The summed E-state index contributed by atoms with van der Waals surface area (Å²) in [6, 6.07) is 4.65. The zero-order chi connectivity index (χ0) is 9.97. The third-order valence-corrected chi connectivity index (χ3v) is 3.08. The maximum absolute atomic E-state index is 5.08. The van der Waals surface area contributed by atoms with Gasteiger partial charge in [0.15, 0.2) is 0 Å². The Morgan fingerprint density at radius 3 is 2.86 bits per heavy atom. The van der Waals surface area contributed by atoms with Crippen LogP contribution in [-0.4, -0.2) is 11.5 Å². The van der Waals surface area contributed by atoms with Gasteiger partial charge in [0.2, 0.25) is 0 Å². The normalized spacial score (nSPS) is 22.2. The number of pyridine rings is 1.